The molecule has 0 unspecified atom stereocenters. The van der Waals surface area contributed by atoms with Crippen LogP contribution in [0.5, 0.6) is 34.5 Å². The molecule has 0 bridgehead atoms. The molecule has 5 aromatic carbocycles. The fraction of sp³-hybridized carbons (Fsp3) is 0.500. The van der Waals surface area contributed by atoms with Crippen molar-refractivity contribution in [1.29, 1.82) is 0 Å². The lowest BCUT2D eigenvalue weighted by atomic mass is 9.93. The molecule has 0 aliphatic carbocycles. The molecule has 0 aliphatic heterocycles. The maximum atomic E-state index is 13.2. The number of nitrogens with one attached hydrogen (secondary N) is 3. The van der Waals surface area contributed by atoms with E-state index in [0.29, 0.717) is 50.3 Å². The van der Waals surface area contributed by atoms with Gasteiger partial charge in [-0.25, -0.2) is 0 Å². The van der Waals surface area contributed by atoms with Gasteiger partial charge < -0.3 is 33.7 Å². The minimum absolute atomic E-state index is 0.253. The fourth-order valence-corrected chi connectivity index (χ4v) is 7.52. The predicted molar refractivity (Wildman–Crippen MR) is 263 cm³/mol. The van der Waals surface area contributed by atoms with Crippen LogP contribution in [-0.2, 0) is 4.79 Å². The van der Waals surface area contributed by atoms with Crippen molar-refractivity contribution in [2.45, 2.75) is 131 Å². The summed E-state index contributed by atoms with van der Waals surface area (Å²) in [4.78, 5) is 13.2. The summed E-state index contributed by atoms with van der Waals surface area (Å²) in [5.41, 5.74) is 6.23. The lowest BCUT2D eigenvalue weighted by Crippen LogP contribution is -2.45. The number of benzene rings is 5. The lowest BCUT2D eigenvalue weighted by molar-refractivity contribution is -0.123. The molecule has 3 N–H and O–H groups in total. The predicted octanol–water partition coefficient (Wildman–Crippen LogP) is 13.4. The maximum absolute atomic E-state index is 13.2. The summed E-state index contributed by atoms with van der Waals surface area (Å²) in [7, 11) is 0. The first-order valence-electron chi connectivity index (χ1n) is 23.6. The molecule has 10 nitrogen and oxygen atoms in total. The van der Waals surface area contributed by atoms with Gasteiger partial charge in [0.2, 0.25) is 0 Å². The van der Waals surface area contributed by atoms with E-state index >= 15 is 0 Å². The number of hydrogen-bond acceptors (Lipinski definition) is 8. The molecular formula is C52H71N3O7S. The largest absolute Gasteiger partial charge is 0.490 e. The number of fused-ring (bicyclic) bond motifs is 6. The minimum atomic E-state index is -0.406. The number of ether oxygens (including phenoxy) is 6. The second-order valence-electron chi connectivity index (χ2n) is 16.1. The summed E-state index contributed by atoms with van der Waals surface area (Å²) in [6.07, 6.45) is 15.6. The number of hydrogen-bond donors (Lipinski definition) is 3. The van der Waals surface area contributed by atoms with Crippen LogP contribution < -0.4 is 44.6 Å². The molecule has 0 saturated carbocycles. The molecule has 5 aromatic rings. The number of rotatable bonds is 29. The van der Waals surface area contributed by atoms with Crippen molar-refractivity contribution in [3.63, 3.8) is 0 Å². The Labute approximate surface area is 381 Å². The Morgan fingerprint density at radius 3 is 1.03 bits per heavy atom. The minimum Gasteiger partial charge on any atom is -0.490 e. The number of carbonyl (C=O) groups is 1. The van der Waals surface area contributed by atoms with Gasteiger partial charge in [0.05, 0.1) is 33.0 Å². The van der Waals surface area contributed by atoms with Gasteiger partial charge in [0, 0.05) is 5.69 Å². The molecule has 0 radical (unpaired) electrons. The highest BCUT2D eigenvalue weighted by Gasteiger charge is 2.21. The Hall–Kier alpha value is -5.16. The Kier molecular flexibility index (Phi) is 21.0. The van der Waals surface area contributed by atoms with Crippen LogP contribution in [-0.4, -0.2) is 50.7 Å². The Balaban J connectivity index is 1.65. The van der Waals surface area contributed by atoms with Crippen LogP contribution >= 0.6 is 12.2 Å². The summed E-state index contributed by atoms with van der Waals surface area (Å²) in [5.74, 6) is 3.48. The monoisotopic (exact) mass is 882 g/mol. The van der Waals surface area contributed by atoms with Crippen molar-refractivity contribution in [3.05, 3.63) is 66.7 Å². The van der Waals surface area contributed by atoms with Crippen LogP contribution in [0.2, 0.25) is 0 Å². The first-order valence-corrected chi connectivity index (χ1v) is 24.0. The highest BCUT2D eigenvalue weighted by atomic mass is 32.1. The van der Waals surface area contributed by atoms with Gasteiger partial charge in [0.15, 0.2) is 46.2 Å². The number of para-hydroxylation sites is 1. The SMILES string of the molecule is CCCCCOc1cc2c3cc(OCCCCC)c(OCCCCC)cc3c3cc(OCC(=O)NNC(=S)Nc4ccccc4)c(OCCCCC)cc3c2cc1OCCCCC. The molecule has 0 aromatic heterocycles. The smallest absolute Gasteiger partial charge is 0.276 e. The van der Waals surface area contributed by atoms with Gasteiger partial charge in [-0.1, -0.05) is 117 Å². The molecule has 0 spiro atoms. The molecule has 1 amide bonds. The average Bonchev–Trinajstić information content (AvgIpc) is 3.30. The van der Waals surface area contributed by atoms with Crippen LogP contribution in [0.4, 0.5) is 5.69 Å². The van der Waals surface area contributed by atoms with Crippen molar-refractivity contribution in [2.75, 3.05) is 45.0 Å². The van der Waals surface area contributed by atoms with Gasteiger partial charge >= 0.3 is 0 Å². The van der Waals surface area contributed by atoms with Crippen molar-refractivity contribution in [1.82, 2.24) is 10.9 Å². The number of anilines is 1. The van der Waals surface area contributed by atoms with Gasteiger partial charge in [-0.15, -0.1) is 0 Å². The molecule has 11 heteroatoms. The molecule has 5 rings (SSSR count). The van der Waals surface area contributed by atoms with E-state index < -0.39 is 5.91 Å². The molecule has 0 atom stereocenters. The lowest BCUT2D eigenvalue weighted by Gasteiger charge is -2.21. The van der Waals surface area contributed by atoms with Gasteiger partial charge in [-0.2, -0.15) is 0 Å². The molecule has 0 saturated heterocycles. The second-order valence-corrected chi connectivity index (χ2v) is 16.5. The normalized spacial score (nSPS) is 11.1. The zero-order valence-electron chi connectivity index (χ0n) is 38.5. The summed E-state index contributed by atoms with van der Waals surface area (Å²) in [6.45, 7) is 13.6. The summed E-state index contributed by atoms with van der Waals surface area (Å²) < 4.78 is 39.0. The standard InChI is InChI=1S/C52H71N3O7S/c1-6-11-19-26-57-45-31-39-40-32-46(58-27-20-12-7-2)48(60-29-22-14-9-4)34-42(40)44-36-50(62-37-51(56)54-55-52(63)53-38-24-17-16-18-25-38)49(61-30-23-15-10-5)35-43(44)41(39)33-47(45)59-28-21-13-8-3/h16-18,24-25,31-36H,6-15,19-23,26-30,37H2,1-5H3,(H,54,56)(H2,53,55,63). The van der Waals surface area contributed by atoms with Gasteiger partial charge in [-0.3, -0.25) is 15.6 Å². The average molecular weight is 882 g/mol. The van der Waals surface area contributed by atoms with Crippen molar-refractivity contribution < 1.29 is 33.2 Å². The van der Waals surface area contributed by atoms with Crippen molar-refractivity contribution in [3.8, 4) is 34.5 Å². The van der Waals surface area contributed by atoms with E-state index in [1.165, 1.54) is 0 Å². The molecule has 0 heterocycles. The van der Waals surface area contributed by atoms with Crippen molar-refractivity contribution >= 4 is 61.2 Å². The van der Waals surface area contributed by atoms with Crippen LogP contribution in [0.1, 0.15) is 131 Å². The van der Waals surface area contributed by atoms with E-state index in [9.17, 15) is 4.79 Å². The maximum Gasteiger partial charge on any atom is 0.276 e. The summed E-state index contributed by atoms with van der Waals surface area (Å²) in [6, 6.07) is 22.1. The van der Waals surface area contributed by atoms with Crippen molar-refractivity contribution in [2.24, 2.45) is 0 Å². The third-order valence-corrected chi connectivity index (χ3v) is 11.1. The van der Waals surface area contributed by atoms with E-state index in [1.807, 2.05) is 42.5 Å². The first kappa shape index (κ1) is 48.9. The van der Waals surface area contributed by atoms with Gasteiger partial charge in [-0.05, 0) is 125 Å². The van der Waals surface area contributed by atoms with Crippen LogP contribution in [0, 0.1) is 0 Å². The highest BCUT2D eigenvalue weighted by molar-refractivity contribution is 7.80. The zero-order valence-corrected chi connectivity index (χ0v) is 39.3. The first-order chi connectivity index (χ1) is 30.9. The number of hydrazine groups is 1. The Bertz CT molecular complexity index is 2130. The fourth-order valence-electron chi connectivity index (χ4n) is 7.35. The van der Waals surface area contributed by atoms with E-state index in [2.05, 4.69) is 75.1 Å². The molecule has 0 fully saturated rings. The number of carbonyl (C=O) groups excluding carboxylic acids is 1. The second kappa shape index (κ2) is 27.1. The van der Waals surface area contributed by atoms with Crippen LogP contribution in [0.25, 0.3) is 32.3 Å². The van der Waals surface area contributed by atoms with E-state index in [-0.39, 0.29) is 11.7 Å². The quantitative estimate of drug-likeness (QED) is 0.0186. The Morgan fingerprint density at radius 2 is 0.730 bits per heavy atom. The molecule has 0 aliphatic rings. The van der Waals surface area contributed by atoms with Gasteiger partial charge in [0.1, 0.15) is 0 Å². The van der Waals surface area contributed by atoms with E-state index in [0.717, 1.165) is 152 Å². The molecule has 63 heavy (non-hydrogen) atoms. The number of thiocarbonyl (C=S) groups is 1. The third-order valence-electron chi connectivity index (χ3n) is 10.9. The van der Waals surface area contributed by atoms with E-state index in [4.69, 9.17) is 40.6 Å². The van der Waals surface area contributed by atoms with Crippen LogP contribution in [0.15, 0.2) is 66.7 Å². The van der Waals surface area contributed by atoms with Gasteiger partial charge in [0.25, 0.3) is 5.91 Å². The number of amides is 1. The Morgan fingerprint density at radius 1 is 0.429 bits per heavy atom. The third kappa shape index (κ3) is 15.0. The van der Waals surface area contributed by atoms with Crippen LogP contribution in [0.3, 0.4) is 0 Å². The topological polar surface area (TPSA) is 109 Å². The molecule has 342 valence electrons. The number of unbranched alkanes of at least 4 members (excludes halogenated alkanes) is 10. The zero-order chi connectivity index (χ0) is 44.7. The molecular weight excluding hydrogens is 811 g/mol. The van der Waals surface area contributed by atoms with E-state index in [1.54, 1.807) is 0 Å². The summed E-state index contributed by atoms with van der Waals surface area (Å²) in [5, 5.41) is 9.14. The highest BCUT2D eigenvalue weighted by Crippen LogP contribution is 2.47. The summed E-state index contributed by atoms with van der Waals surface area (Å²) >= 11 is 5.40.